The highest BCUT2D eigenvalue weighted by Gasteiger charge is 2.24. The second kappa shape index (κ2) is 7.31. The average molecular weight is 372 g/mol. The molecule has 140 valence electrons. The third-order valence-corrected chi connectivity index (χ3v) is 4.96. The average Bonchev–Trinajstić information content (AvgIpc) is 3.07. The van der Waals surface area contributed by atoms with Gasteiger partial charge >= 0.3 is 6.03 Å². The first-order chi connectivity index (χ1) is 13.6. The number of aromatic nitrogens is 1. The predicted octanol–water partition coefficient (Wildman–Crippen LogP) is 5.49. The molecule has 0 radical (unpaired) electrons. The first kappa shape index (κ1) is 18.0. The van der Waals surface area contributed by atoms with Crippen molar-refractivity contribution < 1.29 is 9.18 Å². The van der Waals surface area contributed by atoms with Gasteiger partial charge < -0.3 is 4.90 Å². The van der Waals surface area contributed by atoms with Crippen LogP contribution in [0.4, 0.5) is 9.18 Å². The first-order valence-electron chi connectivity index (χ1n) is 9.18. The molecule has 4 rings (SSSR count). The quantitative estimate of drug-likeness (QED) is 0.467. The molecule has 0 aliphatic heterocycles. The molecule has 0 fully saturated rings. The van der Waals surface area contributed by atoms with E-state index in [2.05, 4.69) is 24.3 Å². The van der Waals surface area contributed by atoms with Gasteiger partial charge in [-0.25, -0.2) is 9.18 Å². The van der Waals surface area contributed by atoms with Crippen molar-refractivity contribution in [3.8, 4) is 0 Å². The Hall–Kier alpha value is -3.40. The molecule has 1 amide bonds. The predicted molar refractivity (Wildman–Crippen MR) is 110 cm³/mol. The lowest BCUT2D eigenvalue weighted by molar-refractivity contribution is 0.220. The van der Waals surface area contributed by atoms with Crippen molar-refractivity contribution in [2.24, 2.45) is 0 Å². The van der Waals surface area contributed by atoms with Crippen molar-refractivity contribution in [2.75, 3.05) is 14.1 Å². The third kappa shape index (κ3) is 3.18. The number of fused-ring (bicyclic) bond motifs is 1. The third-order valence-electron chi connectivity index (χ3n) is 4.96. The van der Waals surface area contributed by atoms with Crippen LogP contribution in [0.3, 0.4) is 0 Å². The normalized spacial score (nSPS) is 11.1. The van der Waals surface area contributed by atoms with E-state index in [0.717, 1.165) is 22.1 Å². The van der Waals surface area contributed by atoms with Gasteiger partial charge in [-0.1, -0.05) is 60.7 Å². The van der Waals surface area contributed by atoms with E-state index in [1.807, 2.05) is 42.6 Å². The van der Waals surface area contributed by atoms with E-state index in [1.165, 1.54) is 21.6 Å². The number of benzene rings is 3. The zero-order chi connectivity index (χ0) is 19.7. The van der Waals surface area contributed by atoms with E-state index in [0.29, 0.717) is 5.52 Å². The summed E-state index contributed by atoms with van der Waals surface area (Å²) in [7, 11) is 3.39. The van der Waals surface area contributed by atoms with E-state index >= 15 is 0 Å². The fourth-order valence-corrected chi connectivity index (χ4v) is 3.67. The zero-order valence-electron chi connectivity index (χ0n) is 15.8. The molecule has 0 saturated carbocycles. The zero-order valence-corrected chi connectivity index (χ0v) is 15.8. The Morgan fingerprint density at radius 2 is 1.46 bits per heavy atom. The summed E-state index contributed by atoms with van der Waals surface area (Å²) < 4.78 is 15.5. The number of nitrogens with zero attached hydrogens (tertiary/aromatic N) is 2. The van der Waals surface area contributed by atoms with Crippen molar-refractivity contribution in [1.29, 1.82) is 0 Å². The lowest BCUT2D eigenvalue weighted by Gasteiger charge is -2.18. The van der Waals surface area contributed by atoms with Gasteiger partial charge in [0.1, 0.15) is 5.82 Å². The molecule has 0 saturated heterocycles. The van der Waals surface area contributed by atoms with Crippen LogP contribution in [-0.4, -0.2) is 29.6 Å². The van der Waals surface area contributed by atoms with Gasteiger partial charge in [-0.2, -0.15) is 0 Å². The van der Waals surface area contributed by atoms with E-state index in [-0.39, 0.29) is 17.8 Å². The number of rotatable bonds is 3. The molecular weight excluding hydrogens is 351 g/mol. The second-order valence-electron chi connectivity index (χ2n) is 7.05. The Balaban J connectivity index is 2.01. The maximum atomic E-state index is 14.0. The fourth-order valence-electron chi connectivity index (χ4n) is 3.67. The van der Waals surface area contributed by atoms with Crippen LogP contribution in [0, 0.1) is 5.82 Å². The number of carbonyl (C=O) groups is 1. The van der Waals surface area contributed by atoms with Crippen molar-refractivity contribution in [3.63, 3.8) is 0 Å². The highest BCUT2D eigenvalue weighted by Crippen LogP contribution is 2.37. The van der Waals surface area contributed by atoms with Gasteiger partial charge in [-0.3, -0.25) is 4.57 Å². The number of halogens is 1. The van der Waals surface area contributed by atoms with Gasteiger partial charge in [-0.15, -0.1) is 0 Å². The molecule has 0 atom stereocenters. The van der Waals surface area contributed by atoms with Crippen molar-refractivity contribution in [2.45, 2.75) is 5.92 Å². The smallest absolute Gasteiger partial charge is 0.328 e. The van der Waals surface area contributed by atoms with Gasteiger partial charge in [0, 0.05) is 31.6 Å². The summed E-state index contributed by atoms with van der Waals surface area (Å²) in [6.07, 6.45) is 1.84. The van der Waals surface area contributed by atoms with E-state index in [9.17, 15) is 9.18 Å². The van der Waals surface area contributed by atoms with Gasteiger partial charge in [-0.05, 0) is 34.9 Å². The molecule has 0 unspecified atom stereocenters. The Bertz CT molecular complexity index is 1080. The Morgan fingerprint density at radius 3 is 2.00 bits per heavy atom. The van der Waals surface area contributed by atoms with Crippen LogP contribution >= 0.6 is 0 Å². The molecular formula is C24H21FN2O. The minimum Gasteiger partial charge on any atom is -0.330 e. The lowest BCUT2D eigenvalue weighted by Crippen LogP contribution is -2.26. The topological polar surface area (TPSA) is 25.2 Å². The molecule has 1 heterocycles. The van der Waals surface area contributed by atoms with Crippen LogP contribution in [0.25, 0.3) is 10.9 Å². The second-order valence-corrected chi connectivity index (χ2v) is 7.05. The van der Waals surface area contributed by atoms with Crippen LogP contribution in [0.2, 0.25) is 0 Å². The molecule has 28 heavy (non-hydrogen) atoms. The summed E-state index contributed by atoms with van der Waals surface area (Å²) in [4.78, 5) is 14.2. The molecule has 0 aliphatic rings. The molecule has 1 aromatic heterocycles. The molecule has 0 spiro atoms. The van der Waals surface area contributed by atoms with Crippen LogP contribution in [-0.2, 0) is 0 Å². The molecule has 3 aromatic carbocycles. The van der Waals surface area contributed by atoms with Gasteiger partial charge in [0.25, 0.3) is 0 Å². The van der Waals surface area contributed by atoms with Gasteiger partial charge in [0.2, 0.25) is 0 Å². The molecule has 4 aromatic rings. The monoisotopic (exact) mass is 372 g/mol. The van der Waals surface area contributed by atoms with Crippen LogP contribution in [0.1, 0.15) is 22.6 Å². The summed E-state index contributed by atoms with van der Waals surface area (Å²) in [5, 5.41) is 0.870. The number of hydrogen-bond acceptors (Lipinski definition) is 1. The Morgan fingerprint density at radius 1 is 0.893 bits per heavy atom. The summed E-state index contributed by atoms with van der Waals surface area (Å²) in [6.45, 7) is 0. The maximum Gasteiger partial charge on any atom is 0.328 e. The summed E-state index contributed by atoms with van der Waals surface area (Å²) in [6, 6.07) is 24.8. The van der Waals surface area contributed by atoms with Gasteiger partial charge in [0.05, 0.1) is 5.52 Å². The molecule has 0 aliphatic carbocycles. The van der Waals surface area contributed by atoms with Crippen molar-refractivity contribution in [1.82, 2.24) is 9.47 Å². The van der Waals surface area contributed by atoms with Gasteiger partial charge in [0.15, 0.2) is 0 Å². The lowest BCUT2D eigenvalue weighted by atomic mass is 9.85. The summed E-state index contributed by atoms with van der Waals surface area (Å²) >= 11 is 0. The summed E-state index contributed by atoms with van der Waals surface area (Å²) in [5.41, 5.74) is 3.79. The fraction of sp³-hybridized carbons (Fsp3) is 0.125. The van der Waals surface area contributed by atoms with Crippen molar-refractivity contribution in [3.05, 3.63) is 108 Å². The minimum absolute atomic E-state index is 0.0634. The highest BCUT2D eigenvalue weighted by atomic mass is 19.1. The Kier molecular flexibility index (Phi) is 4.70. The minimum atomic E-state index is -0.360. The molecule has 0 bridgehead atoms. The Labute approximate surface area is 163 Å². The molecule has 4 heteroatoms. The van der Waals surface area contributed by atoms with Crippen LogP contribution < -0.4 is 0 Å². The van der Waals surface area contributed by atoms with Crippen LogP contribution in [0.5, 0.6) is 0 Å². The number of carbonyl (C=O) groups excluding carboxylic acids is 1. The number of hydrogen-bond donors (Lipinski definition) is 0. The van der Waals surface area contributed by atoms with E-state index in [1.54, 1.807) is 20.2 Å². The highest BCUT2D eigenvalue weighted by molar-refractivity contribution is 5.94. The van der Waals surface area contributed by atoms with E-state index in [4.69, 9.17) is 0 Å². The summed E-state index contributed by atoms with van der Waals surface area (Å²) in [5.74, 6) is -0.424. The van der Waals surface area contributed by atoms with Crippen molar-refractivity contribution >= 4 is 16.9 Å². The standard InChI is InChI=1S/C24H21FN2O/c1-26(2)24(28)27-16-21(20-14-13-19(25)15-22(20)27)23(17-9-5-3-6-10-17)18-11-7-4-8-12-18/h3-16,23H,1-2H3. The number of amides is 1. The largest absolute Gasteiger partial charge is 0.330 e. The SMILES string of the molecule is CN(C)C(=O)n1cc(C(c2ccccc2)c2ccccc2)c2ccc(F)cc21. The van der Waals surface area contributed by atoms with E-state index < -0.39 is 0 Å². The molecule has 3 nitrogen and oxygen atoms in total. The maximum absolute atomic E-state index is 14.0. The molecule has 0 N–H and O–H groups in total. The first-order valence-corrected chi connectivity index (χ1v) is 9.18. The van der Waals surface area contributed by atoms with Crippen LogP contribution in [0.15, 0.2) is 85.1 Å².